The fraction of sp³-hybridized carbons (Fsp3) is 0.600. The molecule has 3 heteroatoms. The van der Waals surface area contributed by atoms with E-state index in [-0.39, 0.29) is 0 Å². The maximum atomic E-state index is 4.19. The van der Waals surface area contributed by atoms with Crippen molar-refractivity contribution >= 4 is 11.8 Å². The molecule has 70 valence electrons. The zero-order valence-electron chi connectivity index (χ0n) is 7.86. The summed E-state index contributed by atoms with van der Waals surface area (Å²) in [6.45, 7) is 2.35. The average Bonchev–Trinajstić information content (AvgIpc) is 2.13. The second-order valence-corrected chi connectivity index (χ2v) is 4.93. The lowest BCUT2D eigenvalue weighted by molar-refractivity contribution is 0.197. The maximum absolute atomic E-state index is 4.19. The molecule has 2 nitrogen and oxygen atoms in total. The van der Waals surface area contributed by atoms with Crippen LogP contribution in [0.25, 0.3) is 0 Å². The van der Waals surface area contributed by atoms with Crippen molar-refractivity contribution in [2.24, 2.45) is 5.41 Å². The van der Waals surface area contributed by atoms with Gasteiger partial charge in [-0.3, -0.25) is 0 Å². The Morgan fingerprint density at radius 1 is 1.38 bits per heavy atom. The van der Waals surface area contributed by atoms with Gasteiger partial charge in [0.05, 0.1) is 0 Å². The number of thioether (sulfide) groups is 1. The molecule has 0 atom stereocenters. The molecule has 1 aromatic rings. The first-order chi connectivity index (χ1) is 6.29. The summed E-state index contributed by atoms with van der Waals surface area (Å²) in [5, 5.41) is 0.913. The summed E-state index contributed by atoms with van der Waals surface area (Å²) in [6, 6.07) is 1.86. The monoisotopic (exact) mass is 194 g/mol. The second-order valence-electron chi connectivity index (χ2n) is 3.98. The van der Waals surface area contributed by atoms with Gasteiger partial charge in [0.15, 0.2) is 5.16 Å². The Morgan fingerprint density at radius 3 is 2.62 bits per heavy atom. The molecule has 13 heavy (non-hydrogen) atoms. The van der Waals surface area contributed by atoms with Crippen molar-refractivity contribution in [2.45, 2.75) is 31.3 Å². The van der Waals surface area contributed by atoms with E-state index in [2.05, 4.69) is 16.9 Å². The summed E-state index contributed by atoms with van der Waals surface area (Å²) in [6.07, 6.45) is 7.74. The smallest absolute Gasteiger partial charge is 0.187 e. The first-order valence-electron chi connectivity index (χ1n) is 4.68. The van der Waals surface area contributed by atoms with Crippen LogP contribution in [0.1, 0.15) is 26.2 Å². The molecular formula is C10H14N2S. The molecule has 0 spiro atoms. The van der Waals surface area contributed by atoms with Crippen molar-refractivity contribution in [3.63, 3.8) is 0 Å². The number of nitrogens with zero attached hydrogens (tertiary/aromatic N) is 2. The highest BCUT2D eigenvalue weighted by Crippen LogP contribution is 2.43. The highest BCUT2D eigenvalue weighted by molar-refractivity contribution is 7.99. The zero-order valence-corrected chi connectivity index (χ0v) is 8.68. The van der Waals surface area contributed by atoms with Crippen molar-refractivity contribution in [3.8, 4) is 0 Å². The van der Waals surface area contributed by atoms with Crippen LogP contribution in [-0.4, -0.2) is 15.7 Å². The Bertz CT molecular complexity index is 270. The van der Waals surface area contributed by atoms with Crippen LogP contribution in [-0.2, 0) is 0 Å². The van der Waals surface area contributed by atoms with Crippen LogP contribution in [0.3, 0.4) is 0 Å². The van der Waals surface area contributed by atoms with Crippen LogP contribution in [0, 0.1) is 5.41 Å². The maximum Gasteiger partial charge on any atom is 0.187 e. The molecule has 1 fully saturated rings. The third kappa shape index (κ3) is 2.21. The summed E-state index contributed by atoms with van der Waals surface area (Å²) in [7, 11) is 0. The summed E-state index contributed by atoms with van der Waals surface area (Å²) in [5.41, 5.74) is 0.559. The molecule has 0 N–H and O–H groups in total. The van der Waals surface area contributed by atoms with E-state index in [1.165, 1.54) is 19.3 Å². The van der Waals surface area contributed by atoms with Gasteiger partial charge in [-0.15, -0.1) is 0 Å². The Labute approximate surface area is 83.2 Å². The van der Waals surface area contributed by atoms with Gasteiger partial charge in [-0.05, 0) is 24.3 Å². The predicted octanol–water partition coefficient (Wildman–Crippen LogP) is 2.76. The summed E-state index contributed by atoms with van der Waals surface area (Å²) < 4.78 is 0. The standard InChI is InChI=1S/C10H14N2S/c1-10(4-2-5-10)8-13-9-11-6-3-7-12-9/h3,6-7H,2,4-5,8H2,1H3. The van der Waals surface area contributed by atoms with E-state index in [1.807, 2.05) is 6.07 Å². The van der Waals surface area contributed by atoms with Gasteiger partial charge in [-0.1, -0.05) is 25.1 Å². The van der Waals surface area contributed by atoms with Gasteiger partial charge in [-0.25, -0.2) is 9.97 Å². The van der Waals surface area contributed by atoms with Crippen LogP contribution in [0.5, 0.6) is 0 Å². The van der Waals surface area contributed by atoms with Gasteiger partial charge >= 0.3 is 0 Å². The van der Waals surface area contributed by atoms with Gasteiger partial charge in [0.25, 0.3) is 0 Å². The van der Waals surface area contributed by atoms with Crippen LogP contribution in [0.4, 0.5) is 0 Å². The van der Waals surface area contributed by atoms with Crippen LogP contribution in [0.15, 0.2) is 23.6 Å². The summed E-state index contributed by atoms with van der Waals surface area (Å²) in [4.78, 5) is 8.38. The summed E-state index contributed by atoms with van der Waals surface area (Å²) in [5.74, 6) is 1.16. The second kappa shape index (κ2) is 3.66. The average molecular weight is 194 g/mol. The van der Waals surface area contributed by atoms with Crippen LogP contribution >= 0.6 is 11.8 Å². The molecular weight excluding hydrogens is 180 g/mol. The molecule has 0 aliphatic heterocycles. The Morgan fingerprint density at radius 2 is 2.08 bits per heavy atom. The third-order valence-electron chi connectivity index (χ3n) is 2.65. The van der Waals surface area contributed by atoms with Crippen molar-refractivity contribution in [2.75, 3.05) is 5.75 Å². The first-order valence-corrected chi connectivity index (χ1v) is 5.67. The highest BCUT2D eigenvalue weighted by atomic mass is 32.2. The minimum absolute atomic E-state index is 0.559. The molecule has 0 unspecified atom stereocenters. The lowest BCUT2D eigenvalue weighted by Gasteiger charge is -2.37. The lowest BCUT2D eigenvalue weighted by atomic mass is 9.72. The fourth-order valence-corrected chi connectivity index (χ4v) is 2.56. The molecule has 0 radical (unpaired) electrons. The van der Waals surface area contributed by atoms with Crippen molar-refractivity contribution in [3.05, 3.63) is 18.5 Å². The van der Waals surface area contributed by atoms with E-state index in [9.17, 15) is 0 Å². The molecule has 1 saturated carbocycles. The Kier molecular flexibility index (Phi) is 2.54. The topological polar surface area (TPSA) is 25.8 Å². The predicted molar refractivity (Wildman–Crippen MR) is 54.7 cm³/mol. The third-order valence-corrected chi connectivity index (χ3v) is 3.96. The molecule has 0 saturated heterocycles. The quantitative estimate of drug-likeness (QED) is 0.546. The molecule has 2 rings (SSSR count). The van der Waals surface area contributed by atoms with Crippen molar-refractivity contribution in [1.29, 1.82) is 0 Å². The van der Waals surface area contributed by atoms with Gasteiger partial charge in [0.2, 0.25) is 0 Å². The molecule has 1 aromatic heterocycles. The number of hydrogen-bond donors (Lipinski definition) is 0. The molecule has 1 aliphatic rings. The van der Waals surface area contributed by atoms with Gasteiger partial charge in [0, 0.05) is 18.1 Å². The zero-order chi connectivity index (χ0) is 9.15. The number of aromatic nitrogens is 2. The van der Waals surface area contributed by atoms with Crippen LogP contribution < -0.4 is 0 Å². The number of rotatable bonds is 3. The Balaban J connectivity index is 1.86. The van der Waals surface area contributed by atoms with E-state index in [0.29, 0.717) is 5.41 Å². The van der Waals surface area contributed by atoms with Gasteiger partial charge in [0.1, 0.15) is 0 Å². The van der Waals surface area contributed by atoms with Gasteiger partial charge in [-0.2, -0.15) is 0 Å². The van der Waals surface area contributed by atoms with Crippen molar-refractivity contribution < 1.29 is 0 Å². The largest absolute Gasteiger partial charge is 0.231 e. The van der Waals surface area contributed by atoms with Crippen molar-refractivity contribution in [1.82, 2.24) is 9.97 Å². The fourth-order valence-electron chi connectivity index (χ4n) is 1.52. The van der Waals surface area contributed by atoms with Gasteiger partial charge < -0.3 is 0 Å². The van der Waals surface area contributed by atoms with E-state index < -0.39 is 0 Å². The first kappa shape index (κ1) is 9.00. The van der Waals surface area contributed by atoms with Crippen LogP contribution in [0.2, 0.25) is 0 Å². The van der Waals surface area contributed by atoms with E-state index in [4.69, 9.17) is 0 Å². The minimum atomic E-state index is 0.559. The lowest BCUT2D eigenvalue weighted by Crippen LogP contribution is -2.28. The molecule has 0 amide bonds. The SMILES string of the molecule is CC1(CSc2ncccn2)CCC1. The minimum Gasteiger partial charge on any atom is -0.231 e. The number of hydrogen-bond acceptors (Lipinski definition) is 3. The van der Waals surface area contributed by atoms with E-state index >= 15 is 0 Å². The van der Waals surface area contributed by atoms with E-state index in [0.717, 1.165) is 10.9 Å². The Hall–Kier alpha value is -0.570. The van der Waals surface area contributed by atoms with E-state index in [1.54, 1.807) is 24.2 Å². The molecule has 1 aliphatic carbocycles. The normalized spacial score (nSPS) is 19.5. The molecule has 0 bridgehead atoms. The molecule has 1 heterocycles. The highest BCUT2D eigenvalue weighted by Gasteiger charge is 2.31. The summed E-state index contributed by atoms with van der Waals surface area (Å²) >= 11 is 1.78. The molecule has 0 aromatic carbocycles.